The standard InChI is InChI=1S/C7H4BrF3N2O/c8-4-3(6(12)14)1-2-13-5(4)7(9,10)11/h1-2H,(H2,12,14). The number of pyridine rings is 1. The van der Waals surface area contributed by atoms with Crippen LogP contribution in [0.4, 0.5) is 13.2 Å². The van der Waals surface area contributed by atoms with E-state index in [4.69, 9.17) is 5.73 Å². The Bertz CT molecular complexity index is 378. The highest BCUT2D eigenvalue weighted by molar-refractivity contribution is 9.10. The summed E-state index contributed by atoms with van der Waals surface area (Å²) in [6.07, 6.45) is -3.72. The van der Waals surface area contributed by atoms with Crippen molar-refractivity contribution in [1.29, 1.82) is 0 Å². The van der Waals surface area contributed by atoms with E-state index >= 15 is 0 Å². The summed E-state index contributed by atoms with van der Waals surface area (Å²) >= 11 is 2.63. The monoisotopic (exact) mass is 268 g/mol. The molecule has 0 saturated heterocycles. The average Bonchev–Trinajstić information content (AvgIpc) is 2.01. The van der Waals surface area contributed by atoms with Crippen LogP contribution in [-0.2, 0) is 6.18 Å². The minimum atomic E-state index is -4.61. The quantitative estimate of drug-likeness (QED) is 0.847. The summed E-state index contributed by atoms with van der Waals surface area (Å²) in [6, 6.07) is 1.11. The van der Waals surface area contributed by atoms with E-state index in [1.54, 1.807) is 0 Å². The lowest BCUT2D eigenvalue weighted by atomic mass is 10.2. The van der Waals surface area contributed by atoms with Gasteiger partial charge in [-0.25, -0.2) is 0 Å². The lowest BCUT2D eigenvalue weighted by molar-refractivity contribution is -0.141. The summed E-state index contributed by atoms with van der Waals surface area (Å²) in [6.45, 7) is 0. The summed E-state index contributed by atoms with van der Waals surface area (Å²) in [5, 5.41) is 0. The molecule has 14 heavy (non-hydrogen) atoms. The first-order chi connectivity index (χ1) is 6.34. The van der Waals surface area contributed by atoms with Gasteiger partial charge >= 0.3 is 6.18 Å². The summed E-state index contributed by atoms with van der Waals surface area (Å²) in [5.41, 5.74) is 3.46. The van der Waals surface area contributed by atoms with Crippen LogP contribution in [0.3, 0.4) is 0 Å². The third-order valence-corrected chi connectivity index (χ3v) is 2.23. The molecule has 0 aromatic carbocycles. The van der Waals surface area contributed by atoms with Crippen LogP contribution in [0.5, 0.6) is 0 Å². The van der Waals surface area contributed by atoms with Gasteiger partial charge in [0.25, 0.3) is 0 Å². The Kier molecular flexibility index (Phi) is 2.79. The van der Waals surface area contributed by atoms with Gasteiger partial charge in [0, 0.05) is 6.20 Å². The van der Waals surface area contributed by atoms with Crippen LogP contribution in [0.15, 0.2) is 16.7 Å². The molecule has 0 aliphatic heterocycles. The van der Waals surface area contributed by atoms with Gasteiger partial charge in [-0.05, 0) is 22.0 Å². The highest BCUT2D eigenvalue weighted by Crippen LogP contribution is 2.34. The number of hydrogen-bond acceptors (Lipinski definition) is 2. The van der Waals surface area contributed by atoms with E-state index in [2.05, 4.69) is 20.9 Å². The number of amides is 1. The second kappa shape index (κ2) is 3.56. The Morgan fingerprint density at radius 3 is 2.50 bits per heavy atom. The first-order valence-electron chi connectivity index (χ1n) is 3.35. The number of halogens is 4. The molecule has 1 aromatic rings. The molecule has 1 heterocycles. The maximum Gasteiger partial charge on any atom is 0.434 e. The van der Waals surface area contributed by atoms with Crippen LogP contribution >= 0.6 is 15.9 Å². The number of carbonyl (C=O) groups excluding carboxylic acids is 1. The third kappa shape index (κ3) is 2.03. The molecule has 2 N–H and O–H groups in total. The van der Waals surface area contributed by atoms with Crippen LogP contribution in [-0.4, -0.2) is 10.9 Å². The van der Waals surface area contributed by atoms with E-state index in [9.17, 15) is 18.0 Å². The highest BCUT2D eigenvalue weighted by Gasteiger charge is 2.36. The molecule has 0 unspecified atom stereocenters. The lowest BCUT2D eigenvalue weighted by Crippen LogP contribution is -2.16. The molecule has 0 aliphatic rings. The van der Waals surface area contributed by atoms with Crippen LogP contribution in [0.2, 0.25) is 0 Å². The fraction of sp³-hybridized carbons (Fsp3) is 0.143. The fourth-order valence-corrected chi connectivity index (χ4v) is 1.49. The van der Waals surface area contributed by atoms with E-state index in [0.29, 0.717) is 0 Å². The topological polar surface area (TPSA) is 56.0 Å². The van der Waals surface area contributed by atoms with Gasteiger partial charge in [-0.2, -0.15) is 13.2 Å². The molecule has 1 amide bonds. The van der Waals surface area contributed by atoms with Crippen molar-refractivity contribution in [3.63, 3.8) is 0 Å². The maximum absolute atomic E-state index is 12.2. The van der Waals surface area contributed by atoms with Gasteiger partial charge in [-0.1, -0.05) is 0 Å². The van der Waals surface area contributed by atoms with Gasteiger partial charge in [0.05, 0.1) is 10.0 Å². The number of carbonyl (C=O) groups is 1. The first-order valence-corrected chi connectivity index (χ1v) is 4.15. The van der Waals surface area contributed by atoms with Gasteiger partial charge < -0.3 is 5.73 Å². The Balaban J connectivity index is 3.35. The number of nitrogens with two attached hydrogens (primary N) is 1. The molecule has 0 aliphatic carbocycles. The second-order valence-corrected chi connectivity index (χ2v) is 3.18. The zero-order valence-electron chi connectivity index (χ0n) is 6.60. The minimum absolute atomic E-state index is 0.243. The van der Waals surface area contributed by atoms with Crippen LogP contribution in [0.1, 0.15) is 16.1 Å². The first kappa shape index (κ1) is 11.0. The molecule has 1 rings (SSSR count). The molecule has 0 fully saturated rings. The van der Waals surface area contributed by atoms with Gasteiger partial charge in [-0.15, -0.1) is 0 Å². The number of hydrogen-bond donors (Lipinski definition) is 1. The molecular weight excluding hydrogens is 265 g/mol. The molecule has 3 nitrogen and oxygen atoms in total. The number of alkyl halides is 3. The van der Waals surface area contributed by atoms with Crippen molar-refractivity contribution in [2.24, 2.45) is 5.73 Å². The molecule has 76 valence electrons. The predicted octanol–water partition coefficient (Wildman–Crippen LogP) is 1.96. The summed E-state index contributed by atoms with van der Waals surface area (Å²) in [5.74, 6) is -0.940. The summed E-state index contributed by atoms with van der Waals surface area (Å²) in [7, 11) is 0. The van der Waals surface area contributed by atoms with E-state index in [-0.39, 0.29) is 5.56 Å². The van der Waals surface area contributed by atoms with Crippen LogP contribution in [0.25, 0.3) is 0 Å². The van der Waals surface area contributed by atoms with Crippen molar-refractivity contribution < 1.29 is 18.0 Å². The summed E-state index contributed by atoms with van der Waals surface area (Å²) in [4.78, 5) is 13.8. The van der Waals surface area contributed by atoms with Crippen LogP contribution < -0.4 is 5.73 Å². The molecule has 0 bridgehead atoms. The van der Waals surface area contributed by atoms with Crippen molar-refractivity contribution in [2.75, 3.05) is 0 Å². The van der Waals surface area contributed by atoms with Crippen molar-refractivity contribution in [2.45, 2.75) is 6.18 Å². The molecule has 0 saturated carbocycles. The molecule has 0 radical (unpaired) electrons. The maximum atomic E-state index is 12.2. The zero-order valence-corrected chi connectivity index (χ0v) is 8.19. The van der Waals surface area contributed by atoms with E-state index in [1.807, 2.05) is 0 Å². The second-order valence-electron chi connectivity index (χ2n) is 2.38. The van der Waals surface area contributed by atoms with E-state index in [1.165, 1.54) is 0 Å². The molecule has 0 spiro atoms. The fourth-order valence-electron chi connectivity index (χ4n) is 0.832. The molecule has 1 aromatic heterocycles. The number of nitrogens with zero attached hydrogens (tertiary/aromatic N) is 1. The summed E-state index contributed by atoms with van der Waals surface area (Å²) < 4.78 is 36.3. The Labute approximate surface area is 85.2 Å². The van der Waals surface area contributed by atoms with Crippen LogP contribution in [0, 0.1) is 0 Å². The zero-order chi connectivity index (χ0) is 10.9. The Morgan fingerprint density at radius 1 is 1.50 bits per heavy atom. The number of aromatic nitrogens is 1. The van der Waals surface area contributed by atoms with Crippen molar-refractivity contribution in [3.05, 3.63) is 28.0 Å². The number of primary amides is 1. The third-order valence-electron chi connectivity index (χ3n) is 1.42. The van der Waals surface area contributed by atoms with Gasteiger partial charge in [-0.3, -0.25) is 9.78 Å². The van der Waals surface area contributed by atoms with E-state index < -0.39 is 22.3 Å². The van der Waals surface area contributed by atoms with Crippen molar-refractivity contribution >= 4 is 21.8 Å². The van der Waals surface area contributed by atoms with Gasteiger partial charge in [0.2, 0.25) is 5.91 Å². The normalized spacial score (nSPS) is 11.4. The van der Waals surface area contributed by atoms with Gasteiger partial charge in [0.1, 0.15) is 0 Å². The molecule has 7 heteroatoms. The van der Waals surface area contributed by atoms with Crippen molar-refractivity contribution in [3.8, 4) is 0 Å². The Morgan fingerprint density at radius 2 is 2.07 bits per heavy atom. The SMILES string of the molecule is NC(=O)c1ccnc(C(F)(F)F)c1Br. The van der Waals surface area contributed by atoms with E-state index in [0.717, 1.165) is 12.3 Å². The number of rotatable bonds is 1. The largest absolute Gasteiger partial charge is 0.434 e. The predicted molar refractivity (Wildman–Crippen MR) is 45.5 cm³/mol. The lowest BCUT2D eigenvalue weighted by Gasteiger charge is -2.09. The smallest absolute Gasteiger partial charge is 0.366 e. The average molecular weight is 269 g/mol. The van der Waals surface area contributed by atoms with Gasteiger partial charge in [0.15, 0.2) is 5.69 Å². The molecular formula is C7H4BrF3N2O. The highest BCUT2D eigenvalue weighted by atomic mass is 79.9. The Hall–Kier alpha value is -1.11. The molecule has 0 atom stereocenters. The van der Waals surface area contributed by atoms with Crippen molar-refractivity contribution in [1.82, 2.24) is 4.98 Å². The minimum Gasteiger partial charge on any atom is -0.366 e.